The van der Waals surface area contributed by atoms with Gasteiger partial charge in [-0.3, -0.25) is 14.8 Å². The van der Waals surface area contributed by atoms with Crippen molar-refractivity contribution in [2.75, 3.05) is 11.4 Å². The van der Waals surface area contributed by atoms with Gasteiger partial charge in [-0.05, 0) is 37.1 Å². The van der Waals surface area contributed by atoms with Crippen LogP contribution in [-0.2, 0) is 27.7 Å². The molecule has 0 fully saturated rings. The van der Waals surface area contributed by atoms with E-state index >= 15 is 0 Å². The van der Waals surface area contributed by atoms with Crippen LogP contribution in [0, 0.1) is 0 Å². The van der Waals surface area contributed by atoms with Gasteiger partial charge < -0.3 is 4.90 Å². The van der Waals surface area contributed by atoms with Gasteiger partial charge in [-0.25, -0.2) is 13.1 Å². The molecule has 8 heteroatoms. The highest BCUT2D eigenvalue weighted by atomic mass is 32.2. The molecule has 1 N–H and O–H groups in total. The molecule has 0 saturated heterocycles. The first-order valence-corrected chi connectivity index (χ1v) is 9.54. The smallest absolute Gasteiger partial charge is 0.240 e. The topological polar surface area (TPSA) is 92.3 Å². The average Bonchev–Trinajstić information content (AvgIpc) is 2.90. The Labute approximate surface area is 147 Å². The highest BCUT2D eigenvalue weighted by Gasteiger charge is 2.30. The second-order valence-electron chi connectivity index (χ2n) is 6.08. The summed E-state index contributed by atoms with van der Waals surface area (Å²) in [5, 5.41) is 0. The third kappa shape index (κ3) is 3.69. The molecule has 7 nitrogen and oxygen atoms in total. The molecule has 0 radical (unpaired) electrons. The van der Waals surface area contributed by atoms with Gasteiger partial charge in [0, 0.05) is 50.2 Å². The maximum absolute atomic E-state index is 12.5. The monoisotopic (exact) mass is 360 g/mol. The van der Waals surface area contributed by atoms with Crippen LogP contribution < -0.4 is 9.62 Å². The highest BCUT2D eigenvalue weighted by Crippen LogP contribution is 2.33. The Morgan fingerprint density at radius 2 is 2.16 bits per heavy atom. The number of anilines is 1. The van der Waals surface area contributed by atoms with Crippen LogP contribution in [-0.4, -0.2) is 36.9 Å². The molecule has 1 aliphatic rings. The molecule has 1 amide bonds. The van der Waals surface area contributed by atoms with Gasteiger partial charge in [-0.1, -0.05) is 0 Å². The van der Waals surface area contributed by atoms with Crippen LogP contribution in [0.15, 0.2) is 41.7 Å². The van der Waals surface area contributed by atoms with Gasteiger partial charge in [0.25, 0.3) is 0 Å². The van der Waals surface area contributed by atoms with E-state index in [1.54, 1.807) is 35.6 Å². The Hall–Kier alpha value is -2.32. The molecule has 2 aromatic rings. The summed E-state index contributed by atoms with van der Waals surface area (Å²) >= 11 is 0. The molecular formula is C17H20N4O3S. The van der Waals surface area contributed by atoms with Crippen LogP contribution in [0.4, 0.5) is 5.69 Å². The number of hydrogen-bond acceptors (Lipinski definition) is 5. The summed E-state index contributed by atoms with van der Waals surface area (Å²) in [6, 6.07) is 4.93. The van der Waals surface area contributed by atoms with E-state index in [4.69, 9.17) is 0 Å². The lowest BCUT2D eigenvalue weighted by Crippen LogP contribution is -2.33. The summed E-state index contributed by atoms with van der Waals surface area (Å²) in [4.78, 5) is 21.7. The zero-order valence-corrected chi connectivity index (χ0v) is 15.0. The first-order chi connectivity index (χ1) is 11.9. The van der Waals surface area contributed by atoms with E-state index in [2.05, 4.69) is 14.7 Å². The molecule has 1 aliphatic heterocycles. The molecule has 25 heavy (non-hydrogen) atoms. The van der Waals surface area contributed by atoms with E-state index < -0.39 is 10.0 Å². The third-order valence-corrected chi connectivity index (χ3v) is 5.66. The number of aromatic nitrogens is 2. The standard InChI is InChI=1S/C17H20N4O3S/c1-12-9-14-10-16(3-4-17(14)21(12)13(2)22)25(23,24)20-6-5-15-11-18-7-8-19-15/h3-4,7-8,10-12,20H,5-6,9H2,1-2H3. The van der Waals surface area contributed by atoms with Crippen LogP contribution in [0.5, 0.6) is 0 Å². The number of fused-ring (bicyclic) bond motifs is 1. The lowest BCUT2D eigenvalue weighted by molar-refractivity contribution is -0.116. The van der Waals surface area contributed by atoms with E-state index in [0.717, 1.165) is 16.9 Å². The number of nitrogens with zero attached hydrogens (tertiary/aromatic N) is 3. The van der Waals surface area contributed by atoms with Crippen molar-refractivity contribution in [1.29, 1.82) is 0 Å². The zero-order valence-electron chi connectivity index (χ0n) is 14.1. The largest absolute Gasteiger partial charge is 0.309 e. The molecule has 1 atom stereocenters. The minimum absolute atomic E-state index is 0.0371. The van der Waals surface area contributed by atoms with Crippen LogP contribution >= 0.6 is 0 Å². The summed E-state index contributed by atoms with van der Waals surface area (Å²) in [5.41, 5.74) is 2.39. The van der Waals surface area contributed by atoms with E-state index in [1.807, 2.05) is 6.92 Å². The zero-order chi connectivity index (χ0) is 18.0. The van der Waals surface area contributed by atoms with E-state index in [-0.39, 0.29) is 23.4 Å². The lowest BCUT2D eigenvalue weighted by atomic mass is 10.1. The molecule has 1 unspecified atom stereocenters. The summed E-state index contributed by atoms with van der Waals surface area (Å²) in [6.07, 6.45) is 5.88. The van der Waals surface area contributed by atoms with E-state index in [0.29, 0.717) is 12.8 Å². The predicted octanol–water partition coefficient (Wildman–Crippen LogP) is 1.30. The van der Waals surface area contributed by atoms with Crippen molar-refractivity contribution in [1.82, 2.24) is 14.7 Å². The third-order valence-electron chi connectivity index (χ3n) is 4.21. The molecule has 0 bridgehead atoms. The second kappa shape index (κ2) is 6.89. The van der Waals surface area contributed by atoms with Gasteiger partial charge in [0.15, 0.2) is 0 Å². The quantitative estimate of drug-likeness (QED) is 0.867. The highest BCUT2D eigenvalue weighted by molar-refractivity contribution is 7.89. The van der Waals surface area contributed by atoms with Crippen LogP contribution in [0.2, 0.25) is 0 Å². The van der Waals surface area contributed by atoms with Gasteiger partial charge in [0.1, 0.15) is 0 Å². The van der Waals surface area contributed by atoms with Crippen LogP contribution in [0.1, 0.15) is 25.1 Å². The predicted molar refractivity (Wildman–Crippen MR) is 93.7 cm³/mol. The Kier molecular flexibility index (Phi) is 4.82. The van der Waals surface area contributed by atoms with E-state index in [9.17, 15) is 13.2 Å². The first kappa shape index (κ1) is 17.5. The molecule has 1 aromatic heterocycles. The second-order valence-corrected chi connectivity index (χ2v) is 7.84. The van der Waals surface area contributed by atoms with Crippen molar-refractivity contribution < 1.29 is 13.2 Å². The number of hydrogen-bond donors (Lipinski definition) is 1. The van der Waals surface area contributed by atoms with Crippen molar-refractivity contribution in [3.05, 3.63) is 48.0 Å². The first-order valence-electron chi connectivity index (χ1n) is 8.06. The number of sulfonamides is 1. The van der Waals surface area contributed by atoms with Gasteiger partial charge in [-0.15, -0.1) is 0 Å². The fourth-order valence-corrected chi connectivity index (χ4v) is 4.19. The average molecular weight is 360 g/mol. The molecule has 1 aromatic carbocycles. The number of amides is 1. The molecule has 3 rings (SSSR count). The van der Waals surface area contributed by atoms with Crippen LogP contribution in [0.25, 0.3) is 0 Å². The van der Waals surface area contributed by atoms with Crippen molar-refractivity contribution in [3.63, 3.8) is 0 Å². The Bertz CT molecular complexity index is 884. The Morgan fingerprint density at radius 3 is 2.84 bits per heavy atom. The maximum atomic E-state index is 12.5. The number of rotatable bonds is 5. The fourth-order valence-electron chi connectivity index (χ4n) is 3.11. The Balaban J connectivity index is 1.73. The van der Waals surface area contributed by atoms with Crippen molar-refractivity contribution >= 4 is 21.6 Å². The van der Waals surface area contributed by atoms with Crippen LogP contribution in [0.3, 0.4) is 0 Å². The molecule has 0 saturated carbocycles. The minimum Gasteiger partial charge on any atom is -0.309 e. The van der Waals surface area contributed by atoms with Crippen molar-refractivity contribution in [3.8, 4) is 0 Å². The minimum atomic E-state index is -3.61. The maximum Gasteiger partial charge on any atom is 0.240 e. The van der Waals surface area contributed by atoms with Gasteiger partial charge in [-0.2, -0.15) is 0 Å². The molecule has 2 heterocycles. The van der Waals surface area contributed by atoms with Gasteiger partial charge in [0.05, 0.1) is 10.6 Å². The number of benzene rings is 1. The summed E-state index contributed by atoms with van der Waals surface area (Å²) in [5.74, 6) is -0.0380. The fraction of sp³-hybridized carbons (Fsp3) is 0.353. The SMILES string of the molecule is CC(=O)N1c2ccc(S(=O)(=O)NCCc3cnccn3)cc2CC1C. The summed E-state index contributed by atoms with van der Waals surface area (Å²) < 4.78 is 27.6. The van der Waals surface area contributed by atoms with Crippen molar-refractivity contribution in [2.45, 2.75) is 37.6 Å². The number of carbonyl (C=O) groups is 1. The molecule has 0 spiro atoms. The normalized spacial score (nSPS) is 16.7. The molecule has 0 aliphatic carbocycles. The number of nitrogens with one attached hydrogen (secondary N) is 1. The van der Waals surface area contributed by atoms with Gasteiger partial charge >= 0.3 is 0 Å². The number of carbonyl (C=O) groups excluding carboxylic acids is 1. The lowest BCUT2D eigenvalue weighted by Gasteiger charge is -2.20. The Morgan fingerprint density at radius 1 is 1.36 bits per heavy atom. The molecular weight excluding hydrogens is 340 g/mol. The van der Waals surface area contributed by atoms with E-state index in [1.165, 1.54) is 13.0 Å². The molecule has 132 valence electrons. The van der Waals surface area contributed by atoms with Gasteiger partial charge in [0.2, 0.25) is 15.9 Å². The summed E-state index contributed by atoms with van der Waals surface area (Å²) in [6.45, 7) is 3.72. The summed E-state index contributed by atoms with van der Waals surface area (Å²) in [7, 11) is -3.61. The van der Waals surface area contributed by atoms with Crippen molar-refractivity contribution in [2.24, 2.45) is 0 Å².